The van der Waals surface area contributed by atoms with Crippen molar-refractivity contribution in [2.75, 3.05) is 7.05 Å². The molecular weight excluding hydrogens is 174 g/mol. The molecule has 1 aromatic rings. The summed E-state index contributed by atoms with van der Waals surface area (Å²) in [5.41, 5.74) is 4.44. The van der Waals surface area contributed by atoms with E-state index in [9.17, 15) is 4.79 Å². The summed E-state index contributed by atoms with van der Waals surface area (Å²) in [6.45, 7) is 0. The zero-order chi connectivity index (χ0) is 9.97. The minimum atomic E-state index is 0.718. The van der Waals surface area contributed by atoms with Gasteiger partial charge in [0.1, 0.15) is 0 Å². The topological polar surface area (TPSA) is 29.1 Å². The number of nitrogens with one attached hydrogen (secondary N) is 1. The molecule has 0 spiro atoms. The third-order valence-corrected chi connectivity index (χ3v) is 2.70. The van der Waals surface area contributed by atoms with Crippen molar-refractivity contribution >= 4 is 11.9 Å². The van der Waals surface area contributed by atoms with E-state index in [4.69, 9.17) is 0 Å². The first-order valence-corrected chi connectivity index (χ1v) is 4.81. The predicted molar refractivity (Wildman–Crippen MR) is 56.8 cm³/mol. The SMILES string of the molecule is CN/C(C=O)=C1/CCc2ccccc21. The number of hydrogen-bond donors (Lipinski definition) is 1. The lowest BCUT2D eigenvalue weighted by Crippen LogP contribution is -2.09. The van der Waals surface area contributed by atoms with E-state index < -0.39 is 0 Å². The van der Waals surface area contributed by atoms with Crippen LogP contribution in [0, 0.1) is 0 Å². The van der Waals surface area contributed by atoms with Gasteiger partial charge in [0.05, 0.1) is 5.70 Å². The average Bonchev–Trinajstić information content (AvgIpc) is 2.65. The van der Waals surface area contributed by atoms with E-state index in [2.05, 4.69) is 17.4 Å². The van der Waals surface area contributed by atoms with Crippen LogP contribution in [0.4, 0.5) is 0 Å². The first kappa shape index (κ1) is 9.00. The molecule has 1 aliphatic rings. The van der Waals surface area contributed by atoms with E-state index in [-0.39, 0.29) is 0 Å². The number of carbonyl (C=O) groups excluding carboxylic acids is 1. The summed E-state index contributed by atoms with van der Waals surface area (Å²) in [7, 11) is 1.79. The summed E-state index contributed by atoms with van der Waals surface area (Å²) in [6, 6.07) is 8.27. The quantitative estimate of drug-likeness (QED) is 0.564. The van der Waals surface area contributed by atoms with Gasteiger partial charge in [-0.2, -0.15) is 0 Å². The minimum Gasteiger partial charge on any atom is -0.385 e. The zero-order valence-electron chi connectivity index (χ0n) is 8.21. The van der Waals surface area contributed by atoms with Crippen LogP contribution in [0.2, 0.25) is 0 Å². The Morgan fingerprint density at radius 3 is 2.86 bits per heavy atom. The predicted octanol–water partition coefficient (Wildman–Crippen LogP) is 1.76. The van der Waals surface area contributed by atoms with Gasteiger partial charge in [-0.3, -0.25) is 4.79 Å². The lowest BCUT2D eigenvalue weighted by Gasteiger charge is -2.05. The van der Waals surface area contributed by atoms with Gasteiger partial charge in [0.2, 0.25) is 0 Å². The highest BCUT2D eigenvalue weighted by atomic mass is 16.1. The van der Waals surface area contributed by atoms with Gasteiger partial charge in [-0.15, -0.1) is 0 Å². The zero-order valence-corrected chi connectivity index (χ0v) is 8.21. The monoisotopic (exact) mass is 187 g/mol. The molecule has 0 heterocycles. The molecule has 0 aliphatic heterocycles. The molecular formula is C12H13NO. The Hall–Kier alpha value is -1.57. The molecule has 0 saturated carbocycles. The molecule has 0 unspecified atom stereocenters. The number of fused-ring (bicyclic) bond motifs is 1. The molecule has 0 bridgehead atoms. The summed E-state index contributed by atoms with van der Waals surface area (Å²) in [5.74, 6) is 0. The molecule has 2 rings (SSSR count). The maximum Gasteiger partial charge on any atom is 0.166 e. The van der Waals surface area contributed by atoms with Crippen molar-refractivity contribution in [3.63, 3.8) is 0 Å². The van der Waals surface area contributed by atoms with Gasteiger partial charge in [0.15, 0.2) is 6.29 Å². The molecule has 14 heavy (non-hydrogen) atoms. The molecule has 0 saturated heterocycles. The van der Waals surface area contributed by atoms with Crippen LogP contribution in [-0.4, -0.2) is 13.3 Å². The van der Waals surface area contributed by atoms with Crippen LogP contribution in [-0.2, 0) is 11.2 Å². The van der Waals surface area contributed by atoms with Crippen molar-refractivity contribution in [1.29, 1.82) is 0 Å². The molecule has 2 heteroatoms. The number of rotatable bonds is 2. The Kier molecular flexibility index (Phi) is 2.35. The second-order valence-corrected chi connectivity index (χ2v) is 3.42. The molecule has 72 valence electrons. The molecule has 1 aliphatic carbocycles. The van der Waals surface area contributed by atoms with Gasteiger partial charge in [-0.05, 0) is 29.5 Å². The van der Waals surface area contributed by atoms with Crippen LogP contribution in [0.15, 0.2) is 30.0 Å². The molecule has 1 aromatic carbocycles. The van der Waals surface area contributed by atoms with E-state index in [1.54, 1.807) is 7.05 Å². The van der Waals surface area contributed by atoms with Gasteiger partial charge in [0.25, 0.3) is 0 Å². The van der Waals surface area contributed by atoms with Gasteiger partial charge in [-0.1, -0.05) is 24.3 Å². The molecule has 0 atom stereocenters. The summed E-state index contributed by atoms with van der Waals surface area (Å²) >= 11 is 0. The molecule has 0 fully saturated rings. The number of benzene rings is 1. The third kappa shape index (κ3) is 1.33. The van der Waals surface area contributed by atoms with Gasteiger partial charge < -0.3 is 5.32 Å². The molecule has 0 amide bonds. The smallest absolute Gasteiger partial charge is 0.166 e. The Morgan fingerprint density at radius 1 is 1.36 bits per heavy atom. The van der Waals surface area contributed by atoms with Crippen LogP contribution in [0.1, 0.15) is 17.5 Å². The van der Waals surface area contributed by atoms with Gasteiger partial charge in [-0.25, -0.2) is 0 Å². The average molecular weight is 187 g/mol. The summed E-state index contributed by atoms with van der Waals surface area (Å²) in [6.07, 6.45) is 2.91. The van der Waals surface area contributed by atoms with Crippen molar-refractivity contribution in [2.45, 2.75) is 12.8 Å². The number of aryl methyl sites for hydroxylation is 1. The van der Waals surface area contributed by atoms with Gasteiger partial charge in [0, 0.05) is 7.05 Å². The van der Waals surface area contributed by atoms with Crippen molar-refractivity contribution in [3.8, 4) is 0 Å². The third-order valence-electron chi connectivity index (χ3n) is 2.70. The molecule has 0 radical (unpaired) electrons. The lowest BCUT2D eigenvalue weighted by atomic mass is 10.1. The van der Waals surface area contributed by atoms with Crippen molar-refractivity contribution in [2.24, 2.45) is 0 Å². The Morgan fingerprint density at radius 2 is 2.14 bits per heavy atom. The van der Waals surface area contributed by atoms with Crippen LogP contribution < -0.4 is 5.32 Å². The molecule has 1 N–H and O–H groups in total. The normalized spacial score (nSPS) is 17.5. The van der Waals surface area contributed by atoms with Crippen LogP contribution >= 0.6 is 0 Å². The number of hydrogen-bond acceptors (Lipinski definition) is 2. The number of carbonyl (C=O) groups is 1. The van der Waals surface area contributed by atoms with Crippen LogP contribution in [0.25, 0.3) is 5.57 Å². The Balaban J connectivity index is 2.53. The molecule has 2 nitrogen and oxygen atoms in total. The largest absolute Gasteiger partial charge is 0.385 e. The standard InChI is InChI=1S/C12H13NO/c1-13-12(8-14)11-7-6-9-4-2-3-5-10(9)11/h2-5,8,13H,6-7H2,1H3/b12-11-. The summed E-state index contributed by atoms with van der Waals surface area (Å²) < 4.78 is 0. The number of aldehydes is 1. The summed E-state index contributed by atoms with van der Waals surface area (Å²) in [5, 5.41) is 2.95. The second-order valence-electron chi connectivity index (χ2n) is 3.42. The Bertz CT molecular complexity index is 393. The number of likely N-dealkylation sites (N-methyl/N-ethyl adjacent to an activating group) is 1. The highest BCUT2D eigenvalue weighted by Gasteiger charge is 2.18. The fourth-order valence-electron chi connectivity index (χ4n) is 1.99. The second kappa shape index (κ2) is 3.66. The van der Waals surface area contributed by atoms with Crippen molar-refractivity contribution in [3.05, 3.63) is 41.1 Å². The van der Waals surface area contributed by atoms with Crippen LogP contribution in [0.5, 0.6) is 0 Å². The van der Waals surface area contributed by atoms with Crippen LogP contribution in [0.3, 0.4) is 0 Å². The van der Waals surface area contributed by atoms with E-state index in [1.165, 1.54) is 11.1 Å². The van der Waals surface area contributed by atoms with E-state index in [1.807, 2.05) is 12.1 Å². The van der Waals surface area contributed by atoms with E-state index >= 15 is 0 Å². The minimum absolute atomic E-state index is 0.718. The molecule has 0 aromatic heterocycles. The van der Waals surface area contributed by atoms with E-state index in [0.29, 0.717) is 0 Å². The first-order chi connectivity index (χ1) is 6.86. The fourth-order valence-corrected chi connectivity index (χ4v) is 1.99. The highest BCUT2D eigenvalue weighted by Crippen LogP contribution is 2.32. The maximum absolute atomic E-state index is 10.8. The van der Waals surface area contributed by atoms with Crippen molar-refractivity contribution in [1.82, 2.24) is 5.32 Å². The summed E-state index contributed by atoms with van der Waals surface area (Å²) in [4.78, 5) is 10.8. The fraction of sp³-hybridized carbons (Fsp3) is 0.250. The highest BCUT2D eigenvalue weighted by molar-refractivity contribution is 5.89. The first-order valence-electron chi connectivity index (χ1n) is 4.81. The Labute approximate surface area is 83.6 Å². The van der Waals surface area contributed by atoms with Crippen molar-refractivity contribution < 1.29 is 4.79 Å². The van der Waals surface area contributed by atoms with E-state index in [0.717, 1.165) is 30.4 Å². The van der Waals surface area contributed by atoms with Gasteiger partial charge >= 0.3 is 0 Å². The maximum atomic E-state index is 10.8. The lowest BCUT2D eigenvalue weighted by molar-refractivity contribution is -0.105. The number of allylic oxidation sites excluding steroid dienone is 2.